The van der Waals surface area contributed by atoms with Crippen molar-refractivity contribution in [2.75, 3.05) is 0 Å². The molecule has 0 radical (unpaired) electrons. The molecule has 0 bridgehead atoms. The van der Waals surface area contributed by atoms with Gasteiger partial charge in [0.1, 0.15) is 0 Å². The van der Waals surface area contributed by atoms with Gasteiger partial charge in [-0.05, 0) is 12.3 Å². The van der Waals surface area contributed by atoms with E-state index in [1.807, 2.05) is 13.2 Å². The Kier molecular flexibility index (Phi) is 2.82. The third-order valence-corrected chi connectivity index (χ3v) is 2.93. The molecule has 1 fully saturated rings. The van der Waals surface area contributed by atoms with Crippen LogP contribution in [0.4, 0.5) is 0 Å². The molecular formula is C10H17N3O. The molecule has 78 valence electrons. The van der Waals surface area contributed by atoms with E-state index in [1.165, 1.54) is 19.3 Å². The molecule has 1 atom stereocenters. The molecule has 1 aliphatic carbocycles. The third kappa shape index (κ3) is 2.32. The zero-order chi connectivity index (χ0) is 9.97. The van der Waals surface area contributed by atoms with Gasteiger partial charge in [0.25, 0.3) is 0 Å². The smallest absolute Gasteiger partial charge is 0.0852 e. The van der Waals surface area contributed by atoms with Gasteiger partial charge in [-0.2, -0.15) is 0 Å². The quantitative estimate of drug-likeness (QED) is 0.777. The molecule has 1 N–H and O–H groups in total. The summed E-state index contributed by atoms with van der Waals surface area (Å²) in [5, 5.41) is 17.6. The third-order valence-electron chi connectivity index (χ3n) is 2.93. The van der Waals surface area contributed by atoms with Crippen LogP contribution in [-0.4, -0.2) is 26.2 Å². The summed E-state index contributed by atoms with van der Waals surface area (Å²) in [6, 6.07) is 0. The molecule has 1 unspecified atom stereocenters. The number of aryl methyl sites for hydroxylation is 1. The lowest BCUT2D eigenvalue weighted by atomic mass is 9.81. The van der Waals surface area contributed by atoms with Crippen molar-refractivity contribution in [3.05, 3.63) is 11.9 Å². The van der Waals surface area contributed by atoms with Crippen molar-refractivity contribution in [1.29, 1.82) is 0 Å². The monoisotopic (exact) mass is 195 g/mol. The van der Waals surface area contributed by atoms with E-state index in [2.05, 4.69) is 10.3 Å². The number of aliphatic hydroxyl groups excluding tert-OH is 1. The van der Waals surface area contributed by atoms with Gasteiger partial charge in [-0.25, -0.2) is 0 Å². The molecule has 1 aromatic rings. The van der Waals surface area contributed by atoms with Crippen molar-refractivity contribution in [2.45, 2.75) is 38.2 Å². The molecule has 0 aliphatic heterocycles. The predicted molar refractivity (Wildman–Crippen MR) is 52.7 cm³/mol. The molecular weight excluding hydrogens is 178 g/mol. The van der Waals surface area contributed by atoms with Crippen LogP contribution >= 0.6 is 0 Å². The Morgan fingerprint density at radius 2 is 2.43 bits per heavy atom. The van der Waals surface area contributed by atoms with Crippen LogP contribution < -0.4 is 0 Å². The van der Waals surface area contributed by atoms with Gasteiger partial charge in [0, 0.05) is 19.7 Å². The van der Waals surface area contributed by atoms with Crippen molar-refractivity contribution < 1.29 is 5.11 Å². The van der Waals surface area contributed by atoms with Crippen molar-refractivity contribution in [1.82, 2.24) is 15.0 Å². The second-order valence-corrected chi connectivity index (χ2v) is 4.27. The van der Waals surface area contributed by atoms with E-state index >= 15 is 0 Å². The number of hydrogen-bond acceptors (Lipinski definition) is 3. The standard InChI is InChI=1S/C10H17N3O/c1-13-7-9(11-12-13)6-10(14)5-8-3-2-4-8/h7-8,10,14H,2-6H2,1H3. The molecule has 0 saturated heterocycles. The molecule has 0 spiro atoms. The second kappa shape index (κ2) is 4.09. The van der Waals surface area contributed by atoms with Crippen molar-refractivity contribution in [3.8, 4) is 0 Å². The van der Waals surface area contributed by atoms with Gasteiger partial charge in [-0.15, -0.1) is 5.10 Å². The first-order valence-corrected chi connectivity index (χ1v) is 5.27. The lowest BCUT2D eigenvalue weighted by Gasteiger charge is -2.27. The summed E-state index contributed by atoms with van der Waals surface area (Å²) in [4.78, 5) is 0. The highest BCUT2D eigenvalue weighted by Gasteiger charge is 2.21. The van der Waals surface area contributed by atoms with Gasteiger partial charge in [-0.3, -0.25) is 4.68 Å². The van der Waals surface area contributed by atoms with Crippen molar-refractivity contribution in [2.24, 2.45) is 13.0 Å². The molecule has 1 saturated carbocycles. The molecule has 4 nitrogen and oxygen atoms in total. The summed E-state index contributed by atoms with van der Waals surface area (Å²) < 4.78 is 1.67. The number of rotatable bonds is 4. The van der Waals surface area contributed by atoms with E-state index in [-0.39, 0.29) is 6.10 Å². The Hall–Kier alpha value is -0.900. The van der Waals surface area contributed by atoms with Crippen LogP contribution in [0.25, 0.3) is 0 Å². The van der Waals surface area contributed by atoms with Gasteiger partial charge in [0.05, 0.1) is 11.8 Å². The van der Waals surface area contributed by atoms with Gasteiger partial charge >= 0.3 is 0 Å². The lowest BCUT2D eigenvalue weighted by Crippen LogP contribution is -2.21. The van der Waals surface area contributed by atoms with Crippen molar-refractivity contribution in [3.63, 3.8) is 0 Å². The highest BCUT2D eigenvalue weighted by molar-refractivity contribution is 4.94. The number of hydrogen-bond donors (Lipinski definition) is 1. The Labute approximate surface area is 83.9 Å². The van der Waals surface area contributed by atoms with E-state index < -0.39 is 0 Å². The van der Waals surface area contributed by atoms with Gasteiger partial charge < -0.3 is 5.11 Å². The summed E-state index contributed by atoms with van der Waals surface area (Å²) in [5.74, 6) is 0.752. The van der Waals surface area contributed by atoms with E-state index in [4.69, 9.17) is 0 Å². The minimum Gasteiger partial charge on any atom is -0.393 e. The van der Waals surface area contributed by atoms with Gasteiger partial charge in [-0.1, -0.05) is 24.5 Å². The summed E-state index contributed by atoms with van der Waals surface area (Å²) in [6.45, 7) is 0. The highest BCUT2D eigenvalue weighted by atomic mass is 16.3. The largest absolute Gasteiger partial charge is 0.393 e. The zero-order valence-electron chi connectivity index (χ0n) is 8.56. The minimum atomic E-state index is -0.239. The molecule has 4 heteroatoms. The lowest BCUT2D eigenvalue weighted by molar-refractivity contribution is 0.117. The Morgan fingerprint density at radius 3 is 2.93 bits per heavy atom. The highest BCUT2D eigenvalue weighted by Crippen LogP contribution is 2.30. The first-order chi connectivity index (χ1) is 6.74. The fraction of sp³-hybridized carbons (Fsp3) is 0.800. The van der Waals surface area contributed by atoms with Crippen LogP contribution in [0.2, 0.25) is 0 Å². The average Bonchev–Trinajstić information content (AvgIpc) is 2.44. The molecule has 1 aliphatic rings. The summed E-state index contributed by atoms with van der Waals surface area (Å²) >= 11 is 0. The Morgan fingerprint density at radius 1 is 1.64 bits per heavy atom. The van der Waals surface area contributed by atoms with Crippen LogP contribution in [0.15, 0.2) is 6.20 Å². The maximum absolute atomic E-state index is 9.77. The van der Waals surface area contributed by atoms with Crippen LogP contribution in [-0.2, 0) is 13.5 Å². The number of aromatic nitrogens is 3. The van der Waals surface area contributed by atoms with Crippen molar-refractivity contribution >= 4 is 0 Å². The second-order valence-electron chi connectivity index (χ2n) is 4.27. The maximum Gasteiger partial charge on any atom is 0.0852 e. The molecule has 14 heavy (non-hydrogen) atoms. The minimum absolute atomic E-state index is 0.239. The molecule has 1 aromatic heterocycles. The normalized spacial score (nSPS) is 19.3. The first-order valence-electron chi connectivity index (χ1n) is 5.27. The van der Waals surface area contributed by atoms with Crippen LogP contribution in [0.3, 0.4) is 0 Å². The summed E-state index contributed by atoms with van der Waals surface area (Å²) in [6.07, 6.45) is 7.11. The molecule has 0 aromatic carbocycles. The maximum atomic E-state index is 9.77. The first kappa shape index (κ1) is 9.65. The Balaban J connectivity index is 1.78. The van der Waals surface area contributed by atoms with E-state index in [0.717, 1.165) is 18.0 Å². The van der Waals surface area contributed by atoms with Gasteiger partial charge in [0.2, 0.25) is 0 Å². The van der Waals surface area contributed by atoms with Gasteiger partial charge in [0.15, 0.2) is 0 Å². The number of nitrogens with zero attached hydrogens (tertiary/aromatic N) is 3. The predicted octanol–water partition coefficient (Wildman–Crippen LogP) is 0.909. The SMILES string of the molecule is Cn1cc(CC(O)CC2CCC2)nn1. The zero-order valence-corrected chi connectivity index (χ0v) is 8.56. The summed E-state index contributed by atoms with van der Waals surface area (Å²) in [5.41, 5.74) is 0.888. The number of aliphatic hydroxyl groups is 1. The topological polar surface area (TPSA) is 50.9 Å². The fourth-order valence-electron chi connectivity index (χ4n) is 1.93. The summed E-state index contributed by atoms with van der Waals surface area (Å²) in [7, 11) is 1.84. The average molecular weight is 195 g/mol. The van der Waals surface area contributed by atoms with Crippen LogP contribution in [0, 0.1) is 5.92 Å². The van der Waals surface area contributed by atoms with E-state index in [9.17, 15) is 5.11 Å². The van der Waals surface area contributed by atoms with Crippen LogP contribution in [0.1, 0.15) is 31.4 Å². The molecule has 2 rings (SSSR count). The van der Waals surface area contributed by atoms with E-state index in [1.54, 1.807) is 4.68 Å². The fourth-order valence-corrected chi connectivity index (χ4v) is 1.93. The Bertz CT molecular complexity index is 293. The molecule has 1 heterocycles. The van der Waals surface area contributed by atoms with Crippen LogP contribution in [0.5, 0.6) is 0 Å². The van der Waals surface area contributed by atoms with E-state index in [0.29, 0.717) is 6.42 Å². The molecule has 0 amide bonds.